The molecule has 2 amide bonds. The van der Waals surface area contributed by atoms with Crippen LogP contribution in [0.5, 0.6) is 0 Å². The number of halogens is 2. The third-order valence-corrected chi connectivity index (χ3v) is 8.88. The van der Waals surface area contributed by atoms with Crippen molar-refractivity contribution in [2.75, 3.05) is 17.1 Å². The van der Waals surface area contributed by atoms with Gasteiger partial charge in [0.05, 0.1) is 22.0 Å². The standard InChI is InChI=1S/C28H37Cl2N3O4S/c1-4-25(28(35)31-22-11-6-7-12-22)32(19-21-15-16-23(29)24(30)18-21)27(34)14-9-17-33(38(3,36)37)26-13-8-5-10-20(26)2/h5,8,10,13,15-16,18,22,25H,4,6-7,9,11-12,14,17,19H2,1-3H3,(H,31,35). The van der Waals surface area contributed by atoms with Crippen molar-refractivity contribution in [3.05, 3.63) is 63.6 Å². The lowest BCUT2D eigenvalue weighted by Crippen LogP contribution is -2.51. The highest BCUT2D eigenvalue weighted by molar-refractivity contribution is 7.92. The van der Waals surface area contributed by atoms with E-state index in [0.717, 1.165) is 43.1 Å². The number of carbonyl (C=O) groups is 2. The van der Waals surface area contributed by atoms with Crippen molar-refractivity contribution in [2.45, 2.75) is 77.4 Å². The van der Waals surface area contributed by atoms with Crippen molar-refractivity contribution >= 4 is 50.7 Å². The number of rotatable bonds is 12. The van der Waals surface area contributed by atoms with Crippen LogP contribution in [0.2, 0.25) is 10.0 Å². The van der Waals surface area contributed by atoms with E-state index in [1.165, 1.54) is 4.31 Å². The maximum absolute atomic E-state index is 13.6. The Morgan fingerprint density at radius 2 is 1.76 bits per heavy atom. The Labute approximate surface area is 236 Å². The van der Waals surface area contributed by atoms with Crippen molar-refractivity contribution in [2.24, 2.45) is 0 Å². The van der Waals surface area contributed by atoms with Crippen LogP contribution in [0.25, 0.3) is 0 Å². The summed E-state index contributed by atoms with van der Waals surface area (Å²) >= 11 is 12.3. The number of nitrogens with zero attached hydrogens (tertiary/aromatic N) is 2. The number of amides is 2. The van der Waals surface area contributed by atoms with Crippen LogP contribution in [0.1, 0.15) is 63.0 Å². The molecule has 0 heterocycles. The summed E-state index contributed by atoms with van der Waals surface area (Å²) < 4.78 is 26.5. The molecule has 0 aromatic heterocycles. The Morgan fingerprint density at radius 3 is 2.37 bits per heavy atom. The molecule has 0 spiro atoms. The van der Waals surface area contributed by atoms with Gasteiger partial charge in [-0.1, -0.05) is 67.2 Å². The topological polar surface area (TPSA) is 86.8 Å². The molecule has 1 saturated carbocycles. The Balaban J connectivity index is 1.78. The number of nitrogens with one attached hydrogen (secondary N) is 1. The fourth-order valence-electron chi connectivity index (χ4n) is 4.95. The van der Waals surface area contributed by atoms with Gasteiger partial charge in [-0.2, -0.15) is 0 Å². The highest BCUT2D eigenvalue weighted by atomic mass is 35.5. The fraction of sp³-hybridized carbons (Fsp3) is 0.500. The quantitative estimate of drug-likeness (QED) is 0.347. The molecular formula is C28H37Cl2N3O4S. The molecule has 1 N–H and O–H groups in total. The molecule has 208 valence electrons. The first kappa shape index (κ1) is 30.3. The second-order valence-electron chi connectivity index (χ2n) is 9.91. The lowest BCUT2D eigenvalue weighted by Gasteiger charge is -2.32. The van der Waals surface area contributed by atoms with E-state index < -0.39 is 16.1 Å². The molecule has 1 fully saturated rings. The first-order valence-corrected chi connectivity index (χ1v) is 15.7. The highest BCUT2D eigenvalue weighted by Gasteiger charge is 2.31. The smallest absolute Gasteiger partial charge is 0.243 e. The zero-order valence-corrected chi connectivity index (χ0v) is 24.6. The molecule has 7 nitrogen and oxygen atoms in total. The summed E-state index contributed by atoms with van der Waals surface area (Å²) in [6.07, 6.45) is 6.08. The van der Waals surface area contributed by atoms with Gasteiger partial charge in [0, 0.05) is 25.6 Å². The Hall–Kier alpha value is -2.29. The van der Waals surface area contributed by atoms with E-state index in [2.05, 4.69) is 5.32 Å². The second kappa shape index (κ2) is 13.7. The average Bonchev–Trinajstić information content (AvgIpc) is 3.36. The van der Waals surface area contributed by atoms with Gasteiger partial charge in [0.2, 0.25) is 21.8 Å². The van der Waals surface area contributed by atoms with E-state index in [4.69, 9.17) is 23.2 Å². The maximum atomic E-state index is 13.6. The van der Waals surface area contributed by atoms with Crippen molar-refractivity contribution in [3.8, 4) is 0 Å². The highest BCUT2D eigenvalue weighted by Crippen LogP contribution is 2.26. The van der Waals surface area contributed by atoms with Crippen molar-refractivity contribution in [3.63, 3.8) is 0 Å². The average molecular weight is 583 g/mol. The molecule has 0 aliphatic heterocycles. The molecule has 3 rings (SSSR count). The van der Waals surface area contributed by atoms with Gasteiger partial charge in [0.25, 0.3) is 0 Å². The summed E-state index contributed by atoms with van der Waals surface area (Å²) in [6.45, 7) is 4.09. The molecule has 1 aliphatic carbocycles. The SMILES string of the molecule is CCC(C(=O)NC1CCCC1)N(Cc1ccc(Cl)c(Cl)c1)C(=O)CCCN(c1ccccc1C)S(C)(=O)=O. The van der Waals surface area contributed by atoms with Crippen LogP contribution in [-0.4, -0.2) is 50.0 Å². The first-order chi connectivity index (χ1) is 18.0. The van der Waals surface area contributed by atoms with Crippen LogP contribution < -0.4 is 9.62 Å². The molecule has 0 radical (unpaired) electrons. The zero-order valence-electron chi connectivity index (χ0n) is 22.3. The van der Waals surface area contributed by atoms with Gasteiger partial charge in [0.15, 0.2) is 0 Å². The van der Waals surface area contributed by atoms with Crippen LogP contribution in [0.15, 0.2) is 42.5 Å². The Bertz CT molecular complexity index is 1230. The van der Waals surface area contributed by atoms with E-state index in [1.54, 1.807) is 35.2 Å². The summed E-state index contributed by atoms with van der Waals surface area (Å²) in [4.78, 5) is 28.5. The number of hydrogen-bond acceptors (Lipinski definition) is 4. The summed E-state index contributed by atoms with van der Waals surface area (Å²) in [5, 5.41) is 3.92. The maximum Gasteiger partial charge on any atom is 0.243 e. The van der Waals surface area contributed by atoms with Crippen LogP contribution in [0.3, 0.4) is 0 Å². The first-order valence-electron chi connectivity index (χ1n) is 13.1. The van der Waals surface area contributed by atoms with Gasteiger partial charge < -0.3 is 10.2 Å². The summed E-state index contributed by atoms with van der Waals surface area (Å²) in [5.74, 6) is -0.381. The third kappa shape index (κ3) is 8.10. The van der Waals surface area contributed by atoms with Gasteiger partial charge >= 0.3 is 0 Å². The Kier molecular flexibility index (Phi) is 10.9. The fourth-order valence-corrected chi connectivity index (χ4v) is 6.29. The van der Waals surface area contributed by atoms with Crippen LogP contribution in [-0.2, 0) is 26.2 Å². The van der Waals surface area contributed by atoms with E-state index in [0.29, 0.717) is 28.6 Å². The number of aryl methyl sites for hydroxylation is 1. The van der Waals surface area contributed by atoms with E-state index in [-0.39, 0.29) is 37.4 Å². The van der Waals surface area contributed by atoms with Gasteiger partial charge in [-0.3, -0.25) is 13.9 Å². The second-order valence-corrected chi connectivity index (χ2v) is 12.6. The van der Waals surface area contributed by atoms with E-state index in [9.17, 15) is 18.0 Å². The van der Waals surface area contributed by atoms with Crippen molar-refractivity contribution in [1.82, 2.24) is 10.2 Å². The molecule has 1 unspecified atom stereocenters. The lowest BCUT2D eigenvalue weighted by atomic mass is 10.1. The predicted octanol–water partition coefficient (Wildman–Crippen LogP) is 5.71. The predicted molar refractivity (Wildman–Crippen MR) is 154 cm³/mol. The van der Waals surface area contributed by atoms with Gasteiger partial charge in [0.1, 0.15) is 6.04 Å². The lowest BCUT2D eigenvalue weighted by molar-refractivity contribution is -0.141. The minimum absolute atomic E-state index is 0.0897. The molecule has 0 saturated heterocycles. The number of para-hydroxylation sites is 1. The largest absolute Gasteiger partial charge is 0.352 e. The molecule has 10 heteroatoms. The molecule has 2 aromatic carbocycles. The third-order valence-electron chi connectivity index (χ3n) is 6.96. The van der Waals surface area contributed by atoms with Crippen LogP contribution >= 0.6 is 23.2 Å². The number of benzene rings is 2. The summed E-state index contributed by atoms with van der Waals surface area (Å²) in [7, 11) is -3.55. The number of sulfonamides is 1. The number of carbonyl (C=O) groups excluding carboxylic acids is 2. The minimum atomic E-state index is -3.55. The van der Waals surface area contributed by atoms with Gasteiger partial charge in [-0.15, -0.1) is 0 Å². The molecular weight excluding hydrogens is 545 g/mol. The van der Waals surface area contributed by atoms with E-state index in [1.807, 2.05) is 26.0 Å². The van der Waals surface area contributed by atoms with Crippen molar-refractivity contribution in [1.29, 1.82) is 0 Å². The van der Waals surface area contributed by atoms with Crippen LogP contribution in [0, 0.1) is 6.92 Å². The summed E-state index contributed by atoms with van der Waals surface area (Å²) in [5.41, 5.74) is 2.19. The van der Waals surface area contributed by atoms with Crippen molar-refractivity contribution < 1.29 is 18.0 Å². The monoisotopic (exact) mass is 581 g/mol. The summed E-state index contributed by atoms with van der Waals surface area (Å²) in [6, 6.07) is 11.9. The van der Waals surface area contributed by atoms with Crippen LogP contribution in [0.4, 0.5) is 5.69 Å². The molecule has 1 atom stereocenters. The van der Waals surface area contributed by atoms with E-state index >= 15 is 0 Å². The molecule has 1 aliphatic rings. The number of hydrogen-bond donors (Lipinski definition) is 1. The van der Waals surface area contributed by atoms with Gasteiger partial charge in [-0.25, -0.2) is 8.42 Å². The number of anilines is 1. The Morgan fingerprint density at radius 1 is 1.08 bits per heavy atom. The molecule has 2 aromatic rings. The zero-order chi connectivity index (χ0) is 27.9. The molecule has 38 heavy (non-hydrogen) atoms. The van der Waals surface area contributed by atoms with Gasteiger partial charge in [-0.05, 0) is 61.9 Å². The normalized spacial score (nSPS) is 14.8. The molecule has 0 bridgehead atoms. The minimum Gasteiger partial charge on any atom is -0.352 e.